The first kappa shape index (κ1) is 19.1. The molecular formula is C17H31N3O4S. The average Bonchev–Trinajstić information content (AvgIpc) is 2.85. The summed E-state index contributed by atoms with van der Waals surface area (Å²) in [5.41, 5.74) is 0. The smallest absolute Gasteiger partial charge is 0.237 e. The molecule has 1 amide bonds. The normalized spacial score (nSPS) is 31.3. The molecule has 3 saturated heterocycles. The Labute approximate surface area is 150 Å². The molecule has 8 heteroatoms. The van der Waals surface area contributed by atoms with Crippen molar-refractivity contribution in [2.24, 2.45) is 0 Å². The van der Waals surface area contributed by atoms with E-state index in [9.17, 15) is 18.3 Å². The summed E-state index contributed by atoms with van der Waals surface area (Å²) in [6.45, 7) is 4.02. The Kier molecular flexibility index (Phi) is 6.35. The van der Waals surface area contributed by atoms with Gasteiger partial charge in [-0.05, 0) is 25.9 Å². The summed E-state index contributed by atoms with van der Waals surface area (Å²) in [7, 11) is -3.12. The molecule has 0 radical (unpaired) electrons. The first-order valence-electron chi connectivity index (χ1n) is 9.57. The van der Waals surface area contributed by atoms with Crippen LogP contribution in [0.15, 0.2) is 0 Å². The topological polar surface area (TPSA) is 81.2 Å². The second-order valence-corrected chi connectivity index (χ2v) is 9.76. The van der Waals surface area contributed by atoms with Crippen molar-refractivity contribution >= 4 is 15.7 Å². The number of nitrogens with zero attached hydrogens (tertiary/aromatic N) is 3. The van der Waals surface area contributed by atoms with E-state index in [0.717, 1.165) is 25.9 Å². The van der Waals surface area contributed by atoms with Gasteiger partial charge in [0.2, 0.25) is 5.91 Å². The summed E-state index contributed by atoms with van der Waals surface area (Å²) in [6.07, 6.45) is 6.02. The van der Waals surface area contributed by atoms with Crippen molar-refractivity contribution in [3.63, 3.8) is 0 Å². The molecule has 0 bridgehead atoms. The van der Waals surface area contributed by atoms with Crippen LogP contribution in [0.1, 0.15) is 32.1 Å². The van der Waals surface area contributed by atoms with E-state index in [1.54, 1.807) is 0 Å². The summed E-state index contributed by atoms with van der Waals surface area (Å²) >= 11 is 0. The number of aliphatic hydroxyl groups excluding tert-OH is 1. The molecule has 3 fully saturated rings. The van der Waals surface area contributed by atoms with Gasteiger partial charge in [0.15, 0.2) is 9.84 Å². The first-order chi connectivity index (χ1) is 12.0. The molecule has 3 heterocycles. The van der Waals surface area contributed by atoms with Gasteiger partial charge in [-0.15, -0.1) is 0 Å². The average molecular weight is 374 g/mol. The maximum atomic E-state index is 12.9. The number of amides is 1. The van der Waals surface area contributed by atoms with Gasteiger partial charge in [-0.25, -0.2) is 8.42 Å². The Morgan fingerprint density at radius 3 is 2.24 bits per heavy atom. The van der Waals surface area contributed by atoms with Crippen LogP contribution in [0.2, 0.25) is 0 Å². The standard InChI is InChI=1S/C17H31N3O4S/c21-11-10-19-8-9-20(16-14-25(23,24)13-15(16)19)17(22)12-18-6-4-2-1-3-5-7-18/h15-16,21H,1-14H2/t15-,16+/m1/s1. The molecule has 3 aliphatic heterocycles. The minimum atomic E-state index is -3.12. The molecule has 0 aromatic carbocycles. The lowest BCUT2D eigenvalue weighted by molar-refractivity contribution is -0.138. The predicted molar refractivity (Wildman–Crippen MR) is 96.1 cm³/mol. The maximum Gasteiger partial charge on any atom is 0.237 e. The van der Waals surface area contributed by atoms with Gasteiger partial charge >= 0.3 is 0 Å². The molecule has 0 unspecified atom stereocenters. The third-order valence-corrected chi connectivity index (χ3v) is 7.50. The SMILES string of the molecule is O=C(CN1CCCCCCC1)N1CCN(CCO)[C@@H]2CS(=O)(=O)C[C@@H]21. The van der Waals surface area contributed by atoms with E-state index < -0.39 is 9.84 Å². The van der Waals surface area contributed by atoms with Crippen LogP contribution in [0, 0.1) is 0 Å². The van der Waals surface area contributed by atoms with Crippen molar-refractivity contribution in [1.82, 2.24) is 14.7 Å². The molecular weight excluding hydrogens is 342 g/mol. The Hall–Kier alpha value is -0.700. The molecule has 0 aromatic rings. The fourth-order valence-corrected chi connectivity index (χ4v) is 6.51. The summed E-state index contributed by atoms with van der Waals surface area (Å²) in [6, 6.07) is -0.422. The van der Waals surface area contributed by atoms with Crippen LogP contribution in [0.5, 0.6) is 0 Å². The molecule has 1 N–H and O–H groups in total. The van der Waals surface area contributed by atoms with Crippen LogP contribution in [-0.2, 0) is 14.6 Å². The Morgan fingerprint density at radius 2 is 1.56 bits per heavy atom. The minimum Gasteiger partial charge on any atom is -0.395 e. The van der Waals surface area contributed by atoms with Gasteiger partial charge in [-0.2, -0.15) is 0 Å². The summed E-state index contributed by atoms with van der Waals surface area (Å²) in [4.78, 5) is 19.0. The molecule has 7 nitrogen and oxygen atoms in total. The highest BCUT2D eigenvalue weighted by Crippen LogP contribution is 2.27. The number of sulfone groups is 1. The van der Waals surface area contributed by atoms with E-state index in [1.807, 2.05) is 9.80 Å². The van der Waals surface area contributed by atoms with Crippen LogP contribution < -0.4 is 0 Å². The van der Waals surface area contributed by atoms with E-state index >= 15 is 0 Å². The van der Waals surface area contributed by atoms with Crippen molar-refractivity contribution in [3.8, 4) is 0 Å². The quantitative estimate of drug-likeness (QED) is 0.719. The molecule has 3 rings (SSSR count). The third-order valence-electron chi connectivity index (χ3n) is 5.81. The van der Waals surface area contributed by atoms with E-state index in [-0.39, 0.29) is 36.1 Å². The number of likely N-dealkylation sites (tertiary alicyclic amines) is 1. The summed E-state index contributed by atoms with van der Waals surface area (Å²) in [5, 5.41) is 9.23. The fraction of sp³-hybridized carbons (Fsp3) is 0.941. The second-order valence-electron chi connectivity index (χ2n) is 7.60. The van der Waals surface area contributed by atoms with Crippen molar-refractivity contribution in [1.29, 1.82) is 0 Å². The molecule has 0 aliphatic carbocycles. The van der Waals surface area contributed by atoms with Crippen molar-refractivity contribution in [2.45, 2.75) is 44.2 Å². The number of fused-ring (bicyclic) bond motifs is 1. The Balaban J connectivity index is 1.65. The van der Waals surface area contributed by atoms with Crippen LogP contribution in [0.4, 0.5) is 0 Å². The van der Waals surface area contributed by atoms with Crippen LogP contribution in [-0.4, -0.2) is 104 Å². The van der Waals surface area contributed by atoms with Crippen molar-refractivity contribution in [3.05, 3.63) is 0 Å². The van der Waals surface area contributed by atoms with Crippen LogP contribution in [0.3, 0.4) is 0 Å². The number of piperazine rings is 1. The van der Waals surface area contributed by atoms with Gasteiger partial charge in [0.05, 0.1) is 30.7 Å². The lowest BCUT2D eigenvalue weighted by Gasteiger charge is -2.44. The monoisotopic (exact) mass is 373 g/mol. The van der Waals surface area contributed by atoms with Gasteiger partial charge in [-0.1, -0.05) is 19.3 Å². The predicted octanol–water partition coefficient (Wildman–Crippen LogP) is -0.445. The number of carbonyl (C=O) groups excluding carboxylic acids is 1. The molecule has 144 valence electrons. The number of aliphatic hydroxyl groups is 1. The number of rotatable bonds is 4. The molecule has 25 heavy (non-hydrogen) atoms. The first-order valence-corrected chi connectivity index (χ1v) is 11.4. The largest absolute Gasteiger partial charge is 0.395 e. The van der Waals surface area contributed by atoms with E-state index in [0.29, 0.717) is 26.2 Å². The third kappa shape index (κ3) is 4.72. The van der Waals surface area contributed by atoms with Gasteiger partial charge in [-0.3, -0.25) is 14.6 Å². The molecule has 0 saturated carbocycles. The number of hydrogen-bond acceptors (Lipinski definition) is 6. The minimum absolute atomic E-state index is 0.0188. The number of β-amino-alcohol motifs (C(OH)–C–C–N with tert-alkyl or cyclic N) is 1. The zero-order chi connectivity index (χ0) is 17.9. The fourth-order valence-electron chi connectivity index (χ4n) is 4.49. The van der Waals surface area contributed by atoms with Crippen LogP contribution >= 0.6 is 0 Å². The zero-order valence-electron chi connectivity index (χ0n) is 15.0. The van der Waals surface area contributed by atoms with Gasteiger partial charge in [0.1, 0.15) is 0 Å². The summed E-state index contributed by atoms with van der Waals surface area (Å²) < 4.78 is 24.3. The lowest BCUT2D eigenvalue weighted by atomic mass is 10.0. The maximum absolute atomic E-state index is 12.9. The zero-order valence-corrected chi connectivity index (χ0v) is 15.8. The van der Waals surface area contributed by atoms with Gasteiger partial charge < -0.3 is 10.0 Å². The molecule has 0 aromatic heterocycles. The molecule has 2 atom stereocenters. The van der Waals surface area contributed by atoms with Crippen molar-refractivity contribution < 1.29 is 18.3 Å². The number of hydrogen-bond donors (Lipinski definition) is 1. The van der Waals surface area contributed by atoms with E-state index in [2.05, 4.69) is 4.90 Å². The Bertz CT molecular complexity index is 560. The van der Waals surface area contributed by atoms with E-state index in [4.69, 9.17) is 0 Å². The van der Waals surface area contributed by atoms with Crippen LogP contribution in [0.25, 0.3) is 0 Å². The van der Waals surface area contributed by atoms with Gasteiger partial charge in [0.25, 0.3) is 0 Å². The van der Waals surface area contributed by atoms with E-state index in [1.165, 1.54) is 19.3 Å². The Morgan fingerprint density at radius 1 is 0.920 bits per heavy atom. The summed E-state index contributed by atoms with van der Waals surface area (Å²) in [5.74, 6) is 0.229. The number of carbonyl (C=O) groups is 1. The lowest BCUT2D eigenvalue weighted by Crippen LogP contribution is -2.62. The highest BCUT2D eigenvalue weighted by molar-refractivity contribution is 7.91. The molecule has 0 spiro atoms. The molecule has 3 aliphatic rings. The van der Waals surface area contributed by atoms with Crippen molar-refractivity contribution in [2.75, 3.05) is 57.4 Å². The second kappa shape index (κ2) is 8.33. The highest BCUT2D eigenvalue weighted by atomic mass is 32.2. The highest BCUT2D eigenvalue weighted by Gasteiger charge is 2.47. The van der Waals surface area contributed by atoms with Gasteiger partial charge in [0, 0.05) is 25.7 Å².